The number of likely N-dealkylation sites (N-methyl/N-ethyl adjacent to an activating group) is 1. The van der Waals surface area contributed by atoms with Crippen molar-refractivity contribution in [2.75, 3.05) is 29.8 Å². The van der Waals surface area contributed by atoms with Crippen molar-refractivity contribution in [2.45, 2.75) is 42.7 Å². The topological polar surface area (TPSA) is 65.5 Å². The molecule has 2 aliphatic heterocycles. The summed E-state index contributed by atoms with van der Waals surface area (Å²) in [5, 5.41) is 2.15. The lowest BCUT2D eigenvalue weighted by Gasteiger charge is -2.42. The number of anilines is 2. The van der Waals surface area contributed by atoms with Gasteiger partial charge in [-0.3, -0.25) is 9.62 Å². The van der Waals surface area contributed by atoms with Crippen molar-refractivity contribution in [1.82, 2.24) is 9.88 Å². The van der Waals surface area contributed by atoms with Gasteiger partial charge in [-0.25, -0.2) is 13.4 Å². The zero-order chi connectivity index (χ0) is 18.1. The first-order chi connectivity index (χ1) is 12.6. The van der Waals surface area contributed by atoms with Gasteiger partial charge in [0.15, 0.2) is 5.13 Å². The highest BCUT2D eigenvalue weighted by molar-refractivity contribution is 7.93. The van der Waals surface area contributed by atoms with E-state index in [2.05, 4.69) is 19.5 Å². The lowest BCUT2D eigenvalue weighted by atomic mass is 9.94. The van der Waals surface area contributed by atoms with Crippen molar-refractivity contribution in [3.05, 3.63) is 35.8 Å². The molecule has 1 N–H and O–H groups in total. The molecule has 1 aromatic carbocycles. The SMILES string of the molecule is CN(c1ccccc1S(=O)(=O)Nc1nccs1)[C@@H]1CCCN2CCCC12. The van der Waals surface area contributed by atoms with Crippen molar-refractivity contribution in [2.24, 2.45) is 0 Å². The second-order valence-corrected chi connectivity index (χ2v) is 9.52. The number of sulfonamides is 1. The molecule has 4 rings (SSSR count). The summed E-state index contributed by atoms with van der Waals surface area (Å²) in [6.07, 6.45) is 6.29. The molecule has 0 amide bonds. The predicted octanol–water partition coefficient (Wildman–Crippen LogP) is 3.01. The Bertz CT molecular complexity index is 854. The monoisotopic (exact) mass is 392 g/mol. The molecule has 2 aliphatic rings. The molecule has 1 unspecified atom stereocenters. The van der Waals surface area contributed by atoms with Crippen LogP contribution in [0.3, 0.4) is 0 Å². The average Bonchev–Trinajstić information content (AvgIpc) is 3.32. The van der Waals surface area contributed by atoms with Gasteiger partial charge in [0.25, 0.3) is 10.0 Å². The van der Waals surface area contributed by atoms with E-state index in [0.29, 0.717) is 22.1 Å². The summed E-state index contributed by atoms with van der Waals surface area (Å²) in [4.78, 5) is 9.10. The summed E-state index contributed by atoms with van der Waals surface area (Å²) in [7, 11) is -1.65. The van der Waals surface area contributed by atoms with Gasteiger partial charge in [0.2, 0.25) is 0 Å². The third kappa shape index (κ3) is 3.33. The van der Waals surface area contributed by atoms with Gasteiger partial charge < -0.3 is 4.90 Å². The van der Waals surface area contributed by atoms with Gasteiger partial charge in [-0.05, 0) is 50.9 Å². The number of aromatic nitrogens is 1. The minimum absolute atomic E-state index is 0.313. The molecule has 2 aromatic rings. The van der Waals surface area contributed by atoms with E-state index in [-0.39, 0.29) is 0 Å². The first kappa shape index (κ1) is 17.8. The van der Waals surface area contributed by atoms with E-state index in [1.165, 1.54) is 37.3 Å². The Morgan fingerprint density at radius 3 is 2.77 bits per heavy atom. The maximum Gasteiger partial charge on any atom is 0.265 e. The molecule has 1 aromatic heterocycles. The summed E-state index contributed by atoms with van der Waals surface area (Å²) in [5.74, 6) is 0. The Balaban J connectivity index is 1.65. The second kappa shape index (κ2) is 7.17. The molecule has 2 atom stereocenters. The summed E-state index contributed by atoms with van der Waals surface area (Å²) < 4.78 is 28.5. The Morgan fingerprint density at radius 1 is 1.23 bits per heavy atom. The van der Waals surface area contributed by atoms with Gasteiger partial charge in [-0.15, -0.1) is 11.3 Å². The highest BCUT2D eigenvalue weighted by Crippen LogP contribution is 2.35. The predicted molar refractivity (Wildman–Crippen MR) is 105 cm³/mol. The standard InChI is InChI=1S/C18H24N4O2S2/c1-21(14-7-4-11-22-12-5-8-15(14)22)16-6-2-3-9-17(16)26(23,24)20-18-19-10-13-25-18/h2-3,6,9-10,13-15H,4-5,7-8,11-12H2,1H3,(H,19,20)/t14-,15?/m1/s1. The van der Waals surface area contributed by atoms with E-state index in [0.717, 1.165) is 18.5 Å². The van der Waals surface area contributed by atoms with E-state index in [1.54, 1.807) is 23.7 Å². The van der Waals surface area contributed by atoms with Gasteiger partial charge in [0, 0.05) is 30.7 Å². The van der Waals surface area contributed by atoms with Crippen LogP contribution >= 0.6 is 11.3 Å². The number of benzene rings is 1. The Labute approximate surface area is 158 Å². The smallest absolute Gasteiger partial charge is 0.265 e. The van der Waals surface area contributed by atoms with Gasteiger partial charge in [-0.2, -0.15) is 0 Å². The molecule has 140 valence electrons. The van der Waals surface area contributed by atoms with Crippen LogP contribution in [-0.4, -0.2) is 50.5 Å². The molecule has 6 nitrogen and oxygen atoms in total. The maximum absolute atomic E-state index is 13.0. The lowest BCUT2D eigenvalue weighted by Crippen LogP contribution is -2.51. The Hall–Kier alpha value is -1.64. The molecule has 2 fully saturated rings. The molecule has 8 heteroatoms. The van der Waals surface area contributed by atoms with Crippen molar-refractivity contribution in [3.63, 3.8) is 0 Å². The Kier molecular flexibility index (Phi) is 4.90. The number of nitrogens with zero attached hydrogens (tertiary/aromatic N) is 3. The van der Waals surface area contributed by atoms with E-state index < -0.39 is 10.0 Å². The summed E-state index contributed by atoms with van der Waals surface area (Å²) >= 11 is 1.28. The fourth-order valence-corrected chi connectivity index (χ4v) is 6.34. The van der Waals surface area contributed by atoms with Gasteiger partial charge in [0.05, 0.1) is 5.69 Å². The van der Waals surface area contributed by atoms with Crippen molar-refractivity contribution in [1.29, 1.82) is 0 Å². The van der Waals surface area contributed by atoms with E-state index in [4.69, 9.17) is 0 Å². The van der Waals surface area contributed by atoms with Crippen LogP contribution in [0.1, 0.15) is 25.7 Å². The number of piperidine rings is 1. The number of hydrogen-bond donors (Lipinski definition) is 1. The third-order valence-corrected chi connectivity index (χ3v) is 7.69. The highest BCUT2D eigenvalue weighted by Gasteiger charge is 2.37. The number of nitrogens with one attached hydrogen (secondary N) is 1. The third-order valence-electron chi connectivity index (χ3n) is 5.49. The van der Waals surface area contributed by atoms with Crippen LogP contribution in [0.5, 0.6) is 0 Å². The van der Waals surface area contributed by atoms with Crippen LogP contribution < -0.4 is 9.62 Å². The molecule has 0 bridgehead atoms. The summed E-state index contributed by atoms with van der Waals surface area (Å²) in [5.41, 5.74) is 0.760. The molecule has 0 saturated carbocycles. The van der Waals surface area contributed by atoms with Gasteiger partial charge in [0.1, 0.15) is 4.90 Å². The fraction of sp³-hybridized carbons (Fsp3) is 0.500. The van der Waals surface area contributed by atoms with Crippen LogP contribution in [0.25, 0.3) is 0 Å². The van der Waals surface area contributed by atoms with Crippen molar-refractivity contribution in [3.8, 4) is 0 Å². The second-order valence-electron chi connectivity index (χ2n) is 6.98. The average molecular weight is 393 g/mol. The molecule has 0 aliphatic carbocycles. The number of rotatable bonds is 5. The van der Waals surface area contributed by atoms with E-state index in [9.17, 15) is 8.42 Å². The quantitative estimate of drug-likeness (QED) is 0.847. The van der Waals surface area contributed by atoms with Crippen LogP contribution in [0.4, 0.5) is 10.8 Å². The molecule has 2 saturated heterocycles. The molecule has 26 heavy (non-hydrogen) atoms. The first-order valence-electron chi connectivity index (χ1n) is 9.04. The lowest BCUT2D eigenvalue weighted by molar-refractivity contribution is 0.171. The van der Waals surface area contributed by atoms with E-state index in [1.807, 2.05) is 19.2 Å². The molecule has 0 spiro atoms. The van der Waals surface area contributed by atoms with Crippen molar-refractivity contribution >= 4 is 32.2 Å². The van der Waals surface area contributed by atoms with Gasteiger partial charge in [-0.1, -0.05) is 12.1 Å². The number of para-hydroxylation sites is 1. The number of hydrogen-bond acceptors (Lipinski definition) is 6. The fourth-order valence-electron chi connectivity index (χ4n) is 4.31. The van der Waals surface area contributed by atoms with Gasteiger partial charge >= 0.3 is 0 Å². The summed E-state index contributed by atoms with van der Waals surface area (Å²) in [6.45, 7) is 2.33. The minimum Gasteiger partial charge on any atom is -0.369 e. The molecular formula is C18H24N4O2S2. The largest absolute Gasteiger partial charge is 0.369 e. The van der Waals surface area contributed by atoms with Crippen molar-refractivity contribution < 1.29 is 8.42 Å². The van der Waals surface area contributed by atoms with E-state index >= 15 is 0 Å². The number of thiazole rings is 1. The minimum atomic E-state index is -3.68. The first-order valence-corrected chi connectivity index (χ1v) is 11.4. The Morgan fingerprint density at radius 2 is 2.00 bits per heavy atom. The molecule has 0 radical (unpaired) electrons. The highest BCUT2D eigenvalue weighted by atomic mass is 32.2. The normalized spacial score (nSPS) is 23.6. The zero-order valence-corrected chi connectivity index (χ0v) is 16.5. The molecule has 3 heterocycles. The summed E-state index contributed by atoms with van der Waals surface area (Å²) in [6, 6.07) is 8.14. The van der Waals surface area contributed by atoms with Crippen LogP contribution in [0.15, 0.2) is 40.7 Å². The van der Waals surface area contributed by atoms with Crippen LogP contribution in [0, 0.1) is 0 Å². The number of fused-ring (bicyclic) bond motifs is 1. The van der Waals surface area contributed by atoms with Crippen LogP contribution in [0.2, 0.25) is 0 Å². The maximum atomic E-state index is 13.0. The molecular weight excluding hydrogens is 368 g/mol. The van der Waals surface area contributed by atoms with Crippen LogP contribution in [-0.2, 0) is 10.0 Å². The zero-order valence-electron chi connectivity index (χ0n) is 14.8.